The summed E-state index contributed by atoms with van der Waals surface area (Å²) >= 11 is 3.49. The van der Waals surface area contributed by atoms with Crippen molar-refractivity contribution < 1.29 is 4.74 Å². The molecule has 1 aliphatic rings. The lowest BCUT2D eigenvalue weighted by Crippen LogP contribution is -2.25. The van der Waals surface area contributed by atoms with Crippen LogP contribution in [0.2, 0.25) is 0 Å². The summed E-state index contributed by atoms with van der Waals surface area (Å²) in [5.41, 5.74) is 1.12. The first-order valence-electron chi connectivity index (χ1n) is 7.85. The van der Waals surface area contributed by atoms with Gasteiger partial charge in [-0.1, -0.05) is 13.8 Å². The van der Waals surface area contributed by atoms with E-state index >= 15 is 0 Å². The molecule has 0 amide bonds. The smallest absolute Gasteiger partial charge is 0.217 e. The SMILES string of the molecule is CC(C)CNCc1cc(Br)cnc1OCCN1CCCC1. The number of ether oxygens (including phenoxy) is 1. The zero-order valence-electron chi connectivity index (χ0n) is 13.1. The van der Waals surface area contributed by atoms with Crippen molar-refractivity contribution in [3.8, 4) is 5.88 Å². The average Bonchev–Trinajstić information content (AvgIpc) is 2.94. The van der Waals surface area contributed by atoms with Gasteiger partial charge in [0.2, 0.25) is 5.88 Å². The molecule has 0 spiro atoms. The topological polar surface area (TPSA) is 37.4 Å². The third-order valence-corrected chi connectivity index (χ3v) is 4.04. The lowest BCUT2D eigenvalue weighted by Gasteiger charge is -2.16. The molecule has 0 saturated carbocycles. The number of hydrogen-bond donors (Lipinski definition) is 1. The van der Waals surface area contributed by atoms with Gasteiger partial charge in [0.05, 0.1) is 0 Å². The Balaban J connectivity index is 1.84. The molecule has 0 unspecified atom stereocenters. The van der Waals surface area contributed by atoms with Crippen molar-refractivity contribution in [2.45, 2.75) is 33.2 Å². The fraction of sp³-hybridized carbons (Fsp3) is 0.688. The standard InChI is InChI=1S/C16H26BrN3O/c1-13(2)10-18-11-14-9-15(17)12-19-16(14)21-8-7-20-5-3-4-6-20/h9,12-13,18H,3-8,10-11H2,1-2H3. The molecule has 0 aromatic carbocycles. The Morgan fingerprint density at radius 1 is 1.38 bits per heavy atom. The van der Waals surface area contributed by atoms with Gasteiger partial charge >= 0.3 is 0 Å². The van der Waals surface area contributed by atoms with Crippen LogP contribution < -0.4 is 10.1 Å². The highest BCUT2D eigenvalue weighted by molar-refractivity contribution is 9.10. The van der Waals surface area contributed by atoms with Crippen LogP contribution in [0.5, 0.6) is 5.88 Å². The van der Waals surface area contributed by atoms with Crippen molar-refractivity contribution >= 4 is 15.9 Å². The van der Waals surface area contributed by atoms with Crippen LogP contribution in [0.4, 0.5) is 0 Å². The predicted molar refractivity (Wildman–Crippen MR) is 89.7 cm³/mol. The summed E-state index contributed by atoms with van der Waals surface area (Å²) in [6, 6.07) is 2.09. The van der Waals surface area contributed by atoms with Gasteiger partial charge < -0.3 is 10.1 Å². The highest BCUT2D eigenvalue weighted by atomic mass is 79.9. The molecule has 1 aromatic heterocycles. The van der Waals surface area contributed by atoms with Gasteiger partial charge in [-0.25, -0.2) is 4.98 Å². The number of likely N-dealkylation sites (tertiary alicyclic amines) is 1. The maximum Gasteiger partial charge on any atom is 0.217 e. The molecule has 2 rings (SSSR count). The van der Waals surface area contributed by atoms with Gasteiger partial charge in [0, 0.05) is 29.3 Å². The molecule has 0 aliphatic carbocycles. The van der Waals surface area contributed by atoms with E-state index in [1.54, 1.807) is 6.20 Å². The number of nitrogens with zero attached hydrogens (tertiary/aromatic N) is 2. The third-order valence-electron chi connectivity index (χ3n) is 3.60. The van der Waals surface area contributed by atoms with Crippen LogP contribution in [-0.2, 0) is 6.54 Å². The van der Waals surface area contributed by atoms with E-state index in [4.69, 9.17) is 4.74 Å². The minimum atomic E-state index is 0.643. The molecule has 5 heteroatoms. The van der Waals surface area contributed by atoms with Crippen LogP contribution in [-0.4, -0.2) is 42.7 Å². The van der Waals surface area contributed by atoms with Gasteiger partial charge in [0.15, 0.2) is 0 Å². The molecule has 0 radical (unpaired) electrons. The number of aromatic nitrogens is 1. The van der Waals surface area contributed by atoms with Gasteiger partial charge in [0.25, 0.3) is 0 Å². The van der Waals surface area contributed by atoms with Crippen LogP contribution in [0.25, 0.3) is 0 Å². The molecular weight excluding hydrogens is 330 g/mol. The third kappa shape index (κ3) is 5.93. The summed E-state index contributed by atoms with van der Waals surface area (Å²) in [5.74, 6) is 1.40. The van der Waals surface area contributed by atoms with Crippen LogP contribution in [0, 0.1) is 5.92 Å². The summed E-state index contributed by atoms with van der Waals surface area (Å²) in [6.07, 6.45) is 4.44. The molecule has 118 valence electrons. The Bertz CT molecular complexity index is 434. The molecule has 1 aliphatic heterocycles. The van der Waals surface area contributed by atoms with Crippen molar-refractivity contribution in [1.82, 2.24) is 15.2 Å². The van der Waals surface area contributed by atoms with E-state index in [1.165, 1.54) is 25.9 Å². The van der Waals surface area contributed by atoms with Crippen LogP contribution >= 0.6 is 15.9 Å². The second-order valence-corrected chi connectivity index (χ2v) is 6.96. The maximum atomic E-state index is 5.90. The van der Waals surface area contributed by atoms with Gasteiger partial charge in [0.1, 0.15) is 6.61 Å². The Morgan fingerprint density at radius 2 is 2.14 bits per heavy atom. The molecule has 1 fully saturated rings. The first kappa shape index (κ1) is 16.7. The molecule has 2 heterocycles. The maximum absolute atomic E-state index is 5.90. The number of pyridine rings is 1. The Morgan fingerprint density at radius 3 is 2.86 bits per heavy atom. The first-order chi connectivity index (χ1) is 10.1. The molecule has 1 N–H and O–H groups in total. The van der Waals surface area contributed by atoms with E-state index in [0.29, 0.717) is 12.5 Å². The van der Waals surface area contributed by atoms with E-state index in [9.17, 15) is 0 Å². The Kier molecular flexibility index (Phi) is 6.93. The molecule has 1 saturated heterocycles. The van der Waals surface area contributed by atoms with Crippen LogP contribution in [0.1, 0.15) is 32.3 Å². The zero-order chi connectivity index (χ0) is 15.1. The van der Waals surface area contributed by atoms with Gasteiger partial charge in [-0.15, -0.1) is 0 Å². The fourth-order valence-corrected chi connectivity index (χ4v) is 2.88. The monoisotopic (exact) mass is 355 g/mol. The van der Waals surface area contributed by atoms with Crippen molar-refractivity contribution in [3.63, 3.8) is 0 Å². The molecule has 21 heavy (non-hydrogen) atoms. The minimum Gasteiger partial charge on any atom is -0.476 e. The Hall–Kier alpha value is -0.650. The van der Waals surface area contributed by atoms with Gasteiger partial charge in [-0.05, 0) is 60.4 Å². The van der Waals surface area contributed by atoms with E-state index in [2.05, 4.69) is 51.0 Å². The second-order valence-electron chi connectivity index (χ2n) is 6.04. The zero-order valence-corrected chi connectivity index (χ0v) is 14.7. The number of nitrogens with one attached hydrogen (secondary N) is 1. The van der Waals surface area contributed by atoms with E-state index in [-0.39, 0.29) is 0 Å². The highest BCUT2D eigenvalue weighted by Crippen LogP contribution is 2.20. The molecule has 0 atom stereocenters. The van der Waals surface area contributed by atoms with E-state index in [0.717, 1.165) is 35.6 Å². The predicted octanol–water partition coefficient (Wildman–Crippen LogP) is 3.06. The average molecular weight is 356 g/mol. The molecular formula is C16H26BrN3O. The van der Waals surface area contributed by atoms with Crippen LogP contribution in [0.3, 0.4) is 0 Å². The summed E-state index contributed by atoms with van der Waals surface area (Å²) in [7, 11) is 0. The van der Waals surface area contributed by atoms with E-state index in [1.807, 2.05) is 0 Å². The fourth-order valence-electron chi connectivity index (χ4n) is 2.50. The van der Waals surface area contributed by atoms with Crippen LogP contribution in [0.15, 0.2) is 16.7 Å². The number of hydrogen-bond acceptors (Lipinski definition) is 4. The summed E-state index contributed by atoms with van der Waals surface area (Å²) in [5, 5.41) is 3.45. The molecule has 1 aromatic rings. The largest absolute Gasteiger partial charge is 0.476 e. The number of rotatable bonds is 8. The summed E-state index contributed by atoms with van der Waals surface area (Å²) in [4.78, 5) is 6.87. The quantitative estimate of drug-likeness (QED) is 0.777. The van der Waals surface area contributed by atoms with Gasteiger partial charge in [-0.3, -0.25) is 4.90 Å². The lowest BCUT2D eigenvalue weighted by molar-refractivity contribution is 0.230. The van der Waals surface area contributed by atoms with E-state index < -0.39 is 0 Å². The van der Waals surface area contributed by atoms with Gasteiger partial charge in [-0.2, -0.15) is 0 Å². The summed E-state index contributed by atoms with van der Waals surface area (Å²) in [6.45, 7) is 10.3. The molecule has 4 nitrogen and oxygen atoms in total. The van der Waals surface area contributed by atoms with Crippen molar-refractivity contribution in [1.29, 1.82) is 0 Å². The first-order valence-corrected chi connectivity index (χ1v) is 8.64. The normalized spacial score (nSPS) is 15.8. The highest BCUT2D eigenvalue weighted by Gasteiger charge is 2.12. The Labute approximate surface area is 136 Å². The van der Waals surface area contributed by atoms with Crippen molar-refractivity contribution in [2.24, 2.45) is 5.92 Å². The molecule has 0 bridgehead atoms. The number of halogens is 1. The van der Waals surface area contributed by atoms with Crippen molar-refractivity contribution in [3.05, 3.63) is 22.3 Å². The second kappa shape index (κ2) is 8.71. The summed E-state index contributed by atoms with van der Waals surface area (Å²) < 4.78 is 6.89. The minimum absolute atomic E-state index is 0.643. The van der Waals surface area contributed by atoms with Crippen molar-refractivity contribution in [2.75, 3.05) is 32.8 Å². The lowest BCUT2D eigenvalue weighted by atomic mass is 10.2.